The van der Waals surface area contributed by atoms with Gasteiger partial charge in [-0.15, -0.1) is 0 Å². The topological polar surface area (TPSA) is 140 Å². The second-order valence-corrected chi connectivity index (χ2v) is 8.81. The number of rotatable bonds is 5. The molecular formula is C22H15FN4O6S. The normalized spacial score (nSPS) is 15.1. The number of ether oxygens (including phenoxy) is 2. The molecule has 1 aliphatic rings. The summed E-state index contributed by atoms with van der Waals surface area (Å²) >= 11 is 0. The maximum Gasteiger partial charge on any atom is 0.355 e. The molecular weight excluding hydrogens is 467 g/mol. The molecule has 0 radical (unpaired) electrons. The molecule has 1 aromatic carbocycles. The SMILES string of the molecule is CNCc1cc(-c2c3ccnc2OC(=O)/C(C#N)=C/C(=O)O3)n(S(=O)(=O)c2cccc(F)c2)c1. The molecule has 12 heteroatoms. The fourth-order valence-corrected chi connectivity index (χ4v) is 4.70. The largest absolute Gasteiger partial charge is 0.422 e. The number of hydrogen-bond donors (Lipinski definition) is 1. The molecule has 3 heterocycles. The average Bonchev–Trinajstić information content (AvgIpc) is 3.22. The molecule has 1 N–H and O–H groups in total. The maximum absolute atomic E-state index is 13.8. The van der Waals surface area contributed by atoms with Crippen molar-refractivity contribution in [3.63, 3.8) is 0 Å². The summed E-state index contributed by atoms with van der Waals surface area (Å²) in [7, 11) is -2.70. The molecule has 0 atom stereocenters. The lowest BCUT2D eigenvalue weighted by molar-refractivity contribution is -0.131. The highest BCUT2D eigenvalue weighted by Crippen LogP contribution is 2.40. The Bertz CT molecular complexity index is 1500. The predicted molar refractivity (Wildman–Crippen MR) is 114 cm³/mol. The lowest BCUT2D eigenvalue weighted by atomic mass is 10.1. The predicted octanol–water partition coefficient (Wildman–Crippen LogP) is 1.92. The minimum atomic E-state index is -4.35. The van der Waals surface area contributed by atoms with E-state index in [1.807, 2.05) is 0 Å². The number of nitrogens with one attached hydrogen (secondary N) is 1. The van der Waals surface area contributed by atoms with Crippen molar-refractivity contribution in [3.8, 4) is 29.0 Å². The number of benzene rings is 1. The van der Waals surface area contributed by atoms with Crippen LogP contribution < -0.4 is 14.8 Å². The minimum Gasteiger partial charge on any atom is -0.422 e. The summed E-state index contributed by atoms with van der Waals surface area (Å²) in [5.74, 6) is -3.52. The van der Waals surface area contributed by atoms with Gasteiger partial charge < -0.3 is 14.8 Å². The summed E-state index contributed by atoms with van der Waals surface area (Å²) in [5.41, 5.74) is -0.312. The van der Waals surface area contributed by atoms with Crippen LogP contribution in [0.5, 0.6) is 11.6 Å². The highest BCUT2D eigenvalue weighted by atomic mass is 32.2. The first-order chi connectivity index (χ1) is 16.2. The monoisotopic (exact) mass is 482 g/mol. The van der Waals surface area contributed by atoms with Crippen molar-refractivity contribution in [2.24, 2.45) is 0 Å². The van der Waals surface area contributed by atoms with Gasteiger partial charge in [0.1, 0.15) is 28.8 Å². The highest BCUT2D eigenvalue weighted by Gasteiger charge is 2.30. The Morgan fingerprint density at radius 1 is 1.21 bits per heavy atom. The van der Waals surface area contributed by atoms with Crippen molar-refractivity contribution in [1.82, 2.24) is 14.3 Å². The fraction of sp³-hybridized carbons (Fsp3) is 0.0909. The molecule has 0 saturated heterocycles. The van der Waals surface area contributed by atoms with E-state index in [1.165, 1.54) is 36.7 Å². The van der Waals surface area contributed by atoms with E-state index in [2.05, 4.69) is 10.3 Å². The molecule has 0 saturated carbocycles. The van der Waals surface area contributed by atoms with Crippen LogP contribution in [0.4, 0.5) is 4.39 Å². The Hall–Kier alpha value is -4.34. The van der Waals surface area contributed by atoms with Gasteiger partial charge in [0, 0.05) is 31.1 Å². The Kier molecular flexibility index (Phi) is 5.97. The standard InChI is InChI=1S/C22H15FN4O6S/c1-25-11-13-7-17(27(12-13)34(30,31)16-4-2-3-15(23)9-16)20-18-5-6-26-21(20)33-22(29)14(10-24)8-19(28)32-18/h2-9,12,25H,11H2,1H3/b14-8+. The molecule has 0 spiro atoms. The van der Waals surface area contributed by atoms with E-state index in [0.717, 1.165) is 16.1 Å². The van der Waals surface area contributed by atoms with Gasteiger partial charge in [0.15, 0.2) is 0 Å². The average molecular weight is 482 g/mol. The summed E-state index contributed by atoms with van der Waals surface area (Å²) in [5, 5.41) is 12.1. The number of esters is 2. The molecule has 0 aliphatic carbocycles. The first-order valence-corrected chi connectivity index (χ1v) is 11.1. The van der Waals surface area contributed by atoms with Crippen LogP contribution in [0.1, 0.15) is 5.56 Å². The lowest BCUT2D eigenvalue weighted by Crippen LogP contribution is -2.15. The van der Waals surface area contributed by atoms with E-state index in [0.29, 0.717) is 11.6 Å². The zero-order valence-corrected chi connectivity index (χ0v) is 18.3. The number of nitriles is 1. The number of pyridine rings is 1. The third-order valence-electron chi connectivity index (χ3n) is 4.71. The summed E-state index contributed by atoms with van der Waals surface area (Å²) in [6.07, 6.45) is 3.15. The number of aromatic nitrogens is 2. The summed E-state index contributed by atoms with van der Waals surface area (Å²) in [4.78, 5) is 28.3. The molecule has 0 fully saturated rings. The highest BCUT2D eigenvalue weighted by molar-refractivity contribution is 7.90. The van der Waals surface area contributed by atoms with Gasteiger partial charge in [-0.05, 0) is 36.9 Å². The van der Waals surface area contributed by atoms with Crippen LogP contribution in [0.25, 0.3) is 11.3 Å². The number of hydrogen-bond acceptors (Lipinski definition) is 9. The zero-order chi connectivity index (χ0) is 24.5. The minimum absolute atomic E-state index is 0.0615. The van der Waals surface area contributed by atoms with Crippen molar-refractivity contribution in [3.05, 3.63) is 71.8 Å². The summed E-state index contributed by atoms with van der Waals surface area (Å²) in [6.45, 7) is 0.253. The number of carbonyl (C=O) groups is 2. The van der Waals surface area contributed by atoms with E-state index < -0.39 is 33.4 Å². The van der Waals surface area contributed by atoms with Gasteiger partial charge in [-0.3, -0.25) is 0 Å². The first-order valence-electron chi connectivity index (χ1n) is 9.66. The number of carbonyl (C=O) groups excluding carboxylic acids is 2. The van der Waals surface area contributed by atoms with Crippen LogP contribution in [0.3, 0.4) is 0 Å². The Morgan fingerprint density at radius 2 is 2.00 bits per heavy atom. The van der Waals surface area contributed by atoms with Crippen LogP contribution in [0.15, 0.2) is 65.3 Å². The van der Waals surface area contributed by atoms with E-state index in [-0.39, 0.29) is 34.3 Å². The Morgan fingerprint density at radius 3 is 2.71 bits per heavy atom. The van der Waals surface area contributed by atoms with Crippen LogP contribution in [0.2, 0.25) is 0 Å². The molecule has 172 valence electrons. The van der Waals surface area contributed by atoms with Crippen molar-refractivity contribution in [2.45, 2.75) is 11.4 Å². The molecule has 3 aromatic rings. The molecule has 2 aromatic heterocycles. The Labute approximate surface area is 192 Å². The van der Waals surface area contributed by atoms with Gasteiger partial charge in [0.2, 0.25) is 5.88 Å². The maximum atomic E-state index is 13.8. The van der Waals surface area contributed by atoms with E-state index in [9.17, 15) is 22.4 Å². The van der Waals surface area contributed by atoms with Crippen LogP contribution in [0, 0.1) is 17.1 Å². The van der Waals surface area contributed by atoms with Gasteiger partial charge in [0.05, 0.1) is 10.6 Å². The van der Waals surface area contributed by atoms with Crippen molar-refractivity contribution >= 4 is 22.0 Å². The van der Waals surface area contributed by atoms with Gasteiger partial charge in [0.25, 0.3) is 10.0 Å². The number of fused-ring (bicyclic) bond motifs is 2. The van der Waals surface area contributed by atoms with Gasteiger partial charge in [-0.2, -0.15) is 5.26 Å². The smallest absolute Gasteiger partial charge is 0.355 e. The van der Waals surface area contributed by atoms with E-state index in [4.69, 9.17) is 14.7 Å². The van der Waals surface area contributed by atoms with Gasteiger partial charge >= 0.3 is 11.9 Å². The first kappa shape index (κ1) is 22.8. The third kappa shape index (κ3) is 4.17. The third-order valence-corrected chi connectivity index (χ3v) is 6.38. The zero-order valence-electron chi connectivity index (χ0n) is 17.5. The molecule has 2 bridgehead atoms. The molecule has 10 nitrogen and oxygen atoms in total. The van der Waals surface area contributed by atoms with Crippen LogP contribution in [-0.4, -0.2) is 36.4 Å². The quantitative estimate of drug-likeness (QED) is 0.540. The Balaban J connectivity index is 1.99. The fourth-order valence-electron chi connectivity index (χ4n) is 3.28. The second-order valence-electron chi connectivity index (χ2n) is 6.99. The lowest BCUT2D eigenvalue weighted by Gasteiger charge is -2.15. The molecule has 0 amide bonds. The molecule has 4 rings (SSSR count). The van der Waals surface area contributed by atoms with E-state index >= 15 is 0 Å². The van der Waals surface area contributed by atoms with Crippen LogP contribution >= 0.6 is 0 Å². The molecule has 34 heavy (non-hydrogen) atoms. The van der Waals surface area contributed by atoms with Crippen molar-refractivity contribution in [1.29, 1.82) is 5.26 Å². The summed E-state index contributed by atoms with van der Waals surface area (Å²) < 4.78 is 52.1. The molecule has 1 aliphatic heterocycles. The number of halogens is 1. The molecule has 0 unspecified atom stereocenters. The van der Waals surface area contributed by atoms with Crippen LogP contribution in [-0.2, 0) is 26.2 Å². The van der Waals surface area contributed by atoms with Crippen molar-refractivity contribution < 1.29 is 31.9 Å². The van der Waals surface area contributed by atoms with E-state index in [1.54, 1.807) is 13.1 Å². The summed E-state index contributed by atoms with van der Waals surface area (Å²) in [6, 6.07) is 8.73. The number of nitrogens with zero attached hydrogens (tertiary/aromatic N) is 3. The van der Waals surface area contributed by atoms with Gasteiger partial charge in [-0.25, -0.2) is 31.4 Å². The van der Waals surface area contributed by atoms with Gasteiger partial charge in [-0.1, -0.05) is 6.07 Å². The van der Waals surface area contributed by atoms with Crippen molar-refractivity contribution in [2.75, 3.05) is 7.05 Å². The second kappa shape index (κ2) is 8.89.